The second-order valence-electron chi connectivity index (χ2n) is 4.35. The Morgan fingerprint density at radius 3 is 2.80 bits per heavy atom. The SMILES string of the molecule is COc1cccc(OCc2nc3ccc(C)nc3o2)c1. The molecular formula is C15H14N2O3. The summed E-state index contributed by atoms with van der Waals surface area (Å²) in [7, 11) is 1.62. The average molecular weight is 270 g/mol. The molecule has 3 rings (SSSR count). The molecule has 0 bridgehead atoms. The highest BCUT2D eigenvalue weighted by atomic mass is 16.5. The van der Waals surface area contributed by atoms with E-state index in [0.29, 0.717) is 17.4 Å². The van der Waals surface area contributed by atoms with Crippen LogP contribution in [-0.4, -0.2) is 17.1 Å². The molecule has 102 valence electrons. The first kappa shape index (κ1) is 12.5. The van der Waals surface area contributed by atoms with E-state index in [-0.39, 0.29) is 6.61 Å². The molecule has 0 fully saturated rings. The van der Waals surface area contributed by atoms with E-state index < -0.39 is 0 Å². The van der Waals surface area contributed by atoms with Crippen LogP contribution in [0.2, 0.25) is 0 Å². The second-order valence-corrected chi connectivity index (χ2v) is 4.35. The summed E-state index contributed by atoms with van der Waals surface area (Å²) in [5, 5.41) is 0. The lowest BCUT2D eigenvalue weighted by Crippen LogP contribution is -1.95. The fourth-order valence-corrected chi connectivity index (χ4v) is 1.85. The second kappa shape index (κ2) is 5.21. The maximum absolute atomic E-state index is 5.63. The lowest BCUT2D eigenvalue weighted by Gasteiger charge is -2.05. The Morgan fingerprint density at radius 1 is 1.10 bits per heavy atom. The van der Waals surface area contributed by atoms with Gasteiger partial charge in [-0.15, -0.1) is 0 Å². The van der Waals surface area contributed by atoms with Crippen molar-refractivity contribution in [3.63, 3.8) is 0 Å². The molecule has 5 nitrogen and oxygen atoms in total. The summed E-state index contributed by atoms with van der Waals surface area (Å²) in [5.41, 5.74) is 2.17. The third-order valence-electron chi connectivity index (χ3n) is 2.84. The van der Waals surface area contributed by atoms with Gasteiger partial charge in [0.15, 0.2) is 6.61 Å². The molecular weight excluding hydrogens is 256 g/mol. The van der Waals surface area contributed by atoms with E-state index >= 15 is 0 Å². The Kier molecular flexibility index (Phi) is 3.25. The van der Waals surface area contributed by atoms with Crippen LogP contribution in [0.3, 0.4) is 0 Å². The number of benzene rings is 1. The van der Waals surface area contributed by atoms with E-state index in [1.54, 1.807) is 7.11 Å². The topological polar surface area (TPSA) is 57.4 Å². The van der Waals surface area contributed by atoms with Gasteiger partial charge >= 0.3 is 0 Å². The first-order chi connectivity index (χ1) is 9.74. The van der Waals surface area contributed by atoms with E-state index in [1.165, 1.54) is 0 Å². The highest BCUT2D eigenvalue weighted by Gasteiger charge is 2.08. The van der Waals surface area contributed by atoms with Crippen molar-refractivity contribution in [2.45, 2.75) is 13.5 Å². The number of hydrogen-bond acceptors (Lipinski definition) is 5. The molecule has 1 aromatic carbocycles. The highest BCUT2D eigenvalue weighted by molar-refractivity contribution is 5.67. The molecule has 20 heavy (non-hydrogen) atoms. The van der Waals surface area contributed by atoms with Gasteiger partial charge in [-0.1, -0.05) is 6.07 Å². The normalized spacial score (nSPS) is 10.7. The molecule has 5 heteroatoms. The average Bonchev–Trinajstić information content (AvgIpc) is 2.87. The first-order valence-corrected chi connectivity index (χ1v) is 6.24. The van der Waals surface area contributed by atoms with Crippen molar-refractivity contribution in [1.82, 2.24) is 9.97 Å². The molecule has 2 heterocycles. The van der Waals surface area contributed by atoms with Gasteiger partial charge in [0.05, 0.1) is 7.11 Å². The minimum absolute atomic E-state index is 0.253. The third-order valence-corrected chi connectivity index (χ3v) is 2.84. The number of pyridine rings is 1. The van der Waals surface area contributed by atoms with Gasteiger partial charge in [0.2, 0.25) is 11.6 Å². The predicted molar refractivity (Wildman–Crippen MR) is 73.9 cm³/mol. The largest absolute Gasteiger partial charge is 0.497 e. The number of aromatic nitrogens is 2. The fourth-order valence-electron chi connectivity index (χ4n) is 1.85. The molecule has 2 aromatic heterocycles. The number of rotatable bonds is 4. The summed E-state index contributed by atoms with van der Waals surface area (Å²) < 4.78 is 16.3. The maximum atomic E-state index is 5.63. The van der Waals surface area contributed by atoms with Gasteiger partial charge in [0.1, 0.15) is 17.0 Å². The quantitative estimate of drug-likeness (QED) is 0.729. The number of nitrogens with zero attached hydrogens (tertiary/aromatic N) is 2. The van der Waals surface area contributed by atoms with E-state index in [4.69, 9.17) is 13.9 Å². The monoisotopic (exact) mass is 270 g/mol. The van der Waals surface area contributed by atoms with Gasteiger partial charge < -0.3 is 13.9 Å². The van der Waals surface area contributed by atoms with Gasteiger partial charge in [-0.25, -0.2) is 9.97 Å². The maximum Gasteiger partial charge on any atom is 0.247 e. The molecule has 0 aliphatic carbocycles. The fraction of sp³-hybridized carbons (Fsp3) is 0.200. The molecule has 0 spiro atoms. The zero-order valence-electron chi connectivity index (χ0n) is 11.3. The lowest BCUT2D eigenvalue weighted by atomic mass is 10.3. The zero-order chi connectivity index (χ0) is 13.9. The van der Waals surface area contributed by atoms with Crippen molar-refractivity contribution in [2.75, 3.05) is 7.11 Å². The standard InChI is InChI=1S/C15H14N2O3/c1-10-6-7-13-15(16-10)20-14(17-13)9-19-12-5-3-4-11(8-12)18-2/h3-8H,9H2,1-2H3. The molecule has 3 aromatic rings. The van der Waals surface area contributed by atoms with E-state index in [9.17, 15) is 0 Å². The number of methoxy groups -OCH3 is 1. The van der Waals surface area contributed by atoms with Crippen molar-refractivity contribution in [2.24, 2.45) is 0 Å². The minimum Gasteiger partial charge on any atom is -0.497 e. The summed E-state index contributed by atoms with van der Waals surface area (Å²) >= 11 is 0. The number of aryl methyl sites for hydroxylation is 1. The van der Waals surface area contributed by atoms with Gasteiger partial charge in [0.25, 0.3) is 0 Å². The molecule has 0 amide bonds. The van der Waals surface area contributed by atoms with Crippen LogP contribution in [0.5, 0.6) is 11.5 Å². The Morgan fingerprint density at radius 2 is 1.95 bits per heavy atom. The summed E-state index contributed by atoms with van der Waals surface area (Å²) in [6, 6.07) is 11.2. The molecule has 0 saturated heterocycles. The Hall–Kier alpha value is -2.56. The van der Waals surface area contributed by atoms with E-state index in [1.807, 2.05) is 43.3 Å². The third kappa shape index (κ3) is 2.56. The molecule has 0 atom stereocenters. The van der Waals surface area contributed by atoms with Gasteiger partial charge in [-0.05, 0) is 31.2 Å². The molecule has 0 saturated carbocycles. The summed E-state index contributed by atoms with van der Waals surface area (Å²) in [6.07, 6.45) is 0. The minimum atomic E-state index is 0.253. The molecule has 0 unspecified atom stereocenters. The van der Waals surface area contributed by atoms with Gasteiger partial charge in [0, 0.05) is 11.8 Å². The smallest absolute Gasteiger partial charge is 0.247 e. The van der Waals surface area contributed by atoms with Crippen LogP contribution < -0.4 is 9.47 Å². The molecule has 0 aliphatic rings. The summed E-state index contributed by atoms with van der Waals surface area (Å²) in [6.45, 7) is 2.16. The van der Waals surface area contributed by atoms with Crippen molar-refractivity contribution < 1.29 is 13.9 Å². The summed E-state index contributed by atoms with van der Waals surface area (Å²) in [5.74, 6) is 1.95. The van der Waals surface area contributed by atoms with Crippen LogP contribution in [0.15, 0.2) is 40.8 Å². The van der Waals surface area contributed by atoms with Gasteiger partial charge in [-0.2, -0.15) is 0 Å². The highest BCUT2D eigenvalue weighted by Crippen LogP contribution is 2.20. The van der Waals surface area contributed by atoms with Crippen LogP contribution in [0.4, 0.5) is 0 Å². The van der Waals surface area contributed by atoms with Gasteiger partial charge in [-0.3, -0.25) is 0 Å². The molecule has 0 aliphatic heterocycles. The van der Waals surface area contributed by atoms with Crippen LogP contribution in [0.25, 0.3) is 11.2 Å². The lowest BCUT2D eigenvalue weighted by molar-refractivity contribution is 0.265. The van der Waals surface area contributed by atoms with Crippen LogP contribution in [-0.2, 0) is 6.61 Å². The Bertz CT molecular complexity index is 737. The van der Waals surface area contributed by atoms with E-state index in [0.717, 1.165) is 17.0 Å². The first-order valence-electron chi connectivity index (χ1n) is 6.24. The molecule has 0 N–H and O–H groups in total. The predicted octanol–water partition coefficient (Wildman–Crippen LogP) is 3.12. The van der Waals surface area contributed by atoms with Crippen LogP contribution in [0.1, 0.15) is 11.6 Å². The van der Waals surface area contributed by atoms with Crippen LogP contribution in [0, 0.1) is 6.92 Å². The van der Waals surface area contributed by atoms with E-state index in [2.05, 4.69) is 9.97 Å². The van der Waals surface area contributed by atoms with Crippen molar-refractivity contribution in [1.29, 1.82) is 0 Å². The van der Waals surface area contributed by atoms with Crippen molar-refractivity contribution >= 4 is 11.2 Å². The number of ether oxygens (including phenoxy) is 2. The number of oxazole rings is 1. The summed E-state index contributed by atoms with van der Waals surface area (Å²) in [4.78, 5) is 8.60. The van der Waals surface area contributed by atoms with Crippen LogP contribution >= 0.6 is 0 Å². The van der Waals surface area contributed by atoms with Crippen molar-refractivity contribution in [3.05, 3.63) is 48.0 Å². The Balaban J connectivity index is 1.76. The Labute approximate surface area is 116 Å². The number of fused-ring (bicyclic) bond motifs is 1. The van der Waals surface area contributed by atoms with Crippen molar-refractivity contribution in [3.8, 4) is 11.5 Å². The molecule has 0 radical (unpaired) electrons. The number of hydrogen-bond donors (Lipinski definition) is 0. The zero-order valence-corrected chi connectivity index (χ0v) is 11.3.